The van der Waals surface area contributed by atoms with Crippen LogP contribution in [0.2, 0.25) is 5.02 Å². The Kier molecular flexibility index (Phi) is 6.63. The van der Waals surface area contributed by atoms with Crippen molar-refractivity contribution in [3.8, 4) is 0 Å². The number of aromatic nitrogens is 5. The molecule has 0 spiro atoms. The lowest BCUT2D eigenvalue weighted by molar-refractivity contribution is -0.0222. The van der Waals surface area contributed by atoms with Crippen LogP contribution >= 0.6 is 11.6 Å². The first-order chi connectivity index (χ1) is 17.7. The van der Waals surface area contributed by atoms with Gasteiger partial charge < -0.3 is 20.1 Å². The van der Waals surface area contributed by atoms with Gasteiger partial charge in [-0.3, -0.25) is 4.79 Å². The minimum Gasteiger partial charge on any atom is -0.375 e. The van der Waals surface area contributed by atoms with Gasteiger partial charge in [-0.25, -0.2) is 23.7 Å². The molecule has 1 saturated heterocycles. The number of alkyl halides is 2. The zero-order valence-corrected chi connectivity index (χ0v) is 21.0. The van der Waals surface area contributed by atoms with E-state index in [1.807, 2.05) is 25.1 Å². The lowest BCUT2D eigenvalue weighted by Gasteiger charge is -2.31. The molecule has 3 aromatic heterocycles. The normalized spacial score (nSPS) is 16.0. The first kappa shape index (κ1) is 24.8. The van der Waals surface area contributed by atoms with Crippen molar-refractivity contribution >= 4 is 45.6 Å². The van der Waals surface area contributed by atoms with Crippen LogP contribution in [0.4, 0.5) is 31.9 Å². The topological polar surface area (TPSA) is 101 Å². The van der Waals surface area contributed by atoms with E-state index in [0.717, 1.165) is 5.39 Å². The first-order valence-corrected chi connectivity index (χ1v) is 12.2. The van der Waals surface area contributed by atoms with Gasteiger partial charge in [0.1, 0.15) is 10.8 Å². The average molecular weight is 527 g/mol. The van der Waals surface area contributed by atoms with Crippen molar-refractivity contribution in [2.45, 2.75) is 31.7 Å². The molecule has 1 aromatic carbocycles. The summed E-state index contributed by atoms with van der Waals surface area (Å²) in [4.78, 5) is 32.0. The third-order valence-corrected chi connectivity index (χ3v) is 6.64. The largest absolute Gasteiger partial charge is 0.375 e. The molecule has 4 heterocycles. The molecule has 1 atom stereocenters. The van der Waals surface area contributed by atoms with Gasteiger partial charge in [-0.1, -0.05) is 23.7 Å². The number of benzene rings is 1. The fourth-order valence-corrected chi connectivity index (χ4v) is 4.48. The third-order valence-electron chi connectivity index (χ3n) is 6.37. The molecule has 0 amide bonds. The van der Waals surface area contributed by atoms with Crippen molar-refractivity contribution in [1.82, 2.24) is 24.5 Å². The Morgan fingerprint density at radius 1 is 1.08 bits per heavy atom. The van der Waals surface area contributed by atoms with E-state index in [2.05, 4.69) is 30.6 Å². The van der Waals surface area contributed by atoms with Gasteiger partial charge in [-0.15, -0.1) is 0 Å². The molecule has 0 saturated carbocycles. The van der Waals surface area contributed by atoms with Gasteiger partial charge in [0.05, 0.1) is 23.4 Å². The molecule has 1 fully saturated rings. The van der Waals surface area contributed by atoms with Crippen molar-refractivity contribution in [3.05, 3.63) is 70.1 Å². The minimum atomic E-state index is -2.67. The average Bonchev–Trinajstić information content (AvgIpc) is 2.89. The fourth-order valence-electron chi connectivity index (χ4n) is 4.34. The molecule has 1 aliphatic heterocycles. The monoisotopic (exact) mass is 526 g/mol. The maximum atomic E-state index is 13.6. The minimum absolute atomic E-state index is 0.148. The Morgan fingerprint density at radius 3 is 2.54 bits per heavy atom. The van der Waals surface area contributed by atoms with E-state index in [-0.39, 0.29) is 42.6 Å². The summed E-state index contributed by atoms with van der Waals surface area (Å²) in [6, 6.07) is 8.60. The third kappa shape index (κ3) is 5.17. The van der Waals surface area contributed by atoms with Crippen molar-refractivity contribution in [2.24, 2.45) is 7.05 Å². The SMILES string of the molecule is CC(Nc1cc(=O)n(C)c2c(Nc3nc(N4CCC(F)(F)CC4)ncc3Cl)cccc12)c1ncccn1. The predicted molar refractivity (Wildman–Crippen MR) is 140 cm³/mol. The highest BCUT2D eigenvalue weighted by atomic mass is 35.5. The van der Waals surface area contributed by atoms with Crippen LogP contribution in [0.1, 0.15) is 31.6 Å². The Balaban J connectivity index is 1.49. The zero-order chi connectivity index (χ0) is 26.2. The van der Waals surface area contributed by atoms with E-state index in [1.165, 1.54) is 16.8 Å². The molecule has 1 aliphatic rings. The van der Waals surface area contributed by atoms with E-state index in [1.54, 1.807) is 30.4 Å². The molecule has 0 aliphatic carbocycles. The number of nitrogens with zero attached hydrogens (tertiary/aromatic N) is 6. The van der Waals surface area contributed by atoms with Crippen LogP contribution in [0.15, 0.2) is 53.7 Å². The second-order valence-electron chi connectivity index (χ2n) is 8.96. The fraction of sp³-hybridized carbons (Fsp3) is 0.320. The van der Waals surface area contributed by atoms with Crippen molar-refractivity contribution < 1.29 is 8.78 Å². The van der Waals surface area contributed by atoms with Crippen molar-refractivity contribution in [3.63, 3.8) is 0 Å². The van der Waals surface area contributed by atoms with Gasteiger partial charge in [0.2, 0.25) is 5.95 Å². The summed E-state index contributed by atoms with van der Waals surface area (Å²) in [5, 5.41) is 7.62. The lowest BCUT2D eigenvalue weighted by atomic mass is 10.1. The molecular weight excluding hydrogens is 502 g/mol. The van der Waals surface area contributed by atoms with Gasteiger partial charge in [-0.05, 0) is 19.1 Å². The van der Waals surface area contributed by atoms with Crippen LogP contribution in [0.25, 0.3) is 10.9 Å². The Labute approximate surface area is 216 Å². The number of anilines is 4. The standard InChI is InChI=1S/C25H25ClF2N8O/c1-15(22-29-9-4-10-30-22)32-19-13-20(37)35(2)21-16(19)5-3-6-18(21)33-23-17(26)14-31-24(34-23)36-11-7-25(27,28)8-12-36/h3-6,9-10,13-15,32H,7-8,11-12H2,1-2H3,(H,31,33,34). The van der Waals surface area contributed by atoms with Gasteiger partial charge in [0, 0.05) is 62.5 Å². The highest BCUT2D eigenvalue weighted by molar-refractivity contribution is 6.33. The molecule has 5 rings (SSSR count). The Bertz CT molecular complexity index is 1490. The van der Waals surface area contributed by atoms with Crippen LogP contribution < -0.4 is 21.1 Å². The summed E-state index contributed by atoms with van der Waals surface area (Å²) in [6.45, 7) is 2.21. The molecule has 192 valence electrons. The summed E-state index contributed by atoms with van der Waals surface area (Å²) in [5.41, 5.74) is 1.65. The second-order valence-corrected chi connectivity index (χ2v) is 9.37. The van der Waals surface area contributed by atoms with Crippen molar-refractivity contribution in [1.29, 1.82) is 0 Å². The number of para-hydroxylation sites is 1. The molecule has 0 bridgehead atoms. The summed E-state index contributed by atoms with van der Waals surface area (Å²) >= 11 is 6.40. The smallest absolute Gasteiger partial charge is 0.252 e. The summed E-state index contributed by atoms with van der Waals surface area (Å²) in [6.07, 6.45) is 4.27. The molecule has 37 heavy (non-hydrogen) atoms. The van der Waals surface area contributed by atoms with Crippen molar-refractivity contribution in [2.75, 3.05) is 28.6 Å². The number of rotatable bonds is 6. The lowest BCUT2D eigenvalue weighted by Crippen LogP contribution is -2.40. The maximum absolute atomic E-state index is 13.6. The van der Waals surface area contributed by atoms with E-state index in [0.29, 0.717) is 34.5 Å². The quantitative estimate of drug-likeness (QED) is 0.365. The summed E-state index contributed by atoms with van der Waals surface area (Å²) in [5.74, 6) is -1.45. The molecule has 9 nitrogen and oxygen atoms in total. The molecule has 1 unspecified atom stereocenters. The summed E-state index contributed by atoms with van der Waals surface area (Å²) < 4.78 is 28.8. The summed E-state index contributed by atoms with van der Waals surface area (Å²) in [7, 11) is 1.68. The molecule has 4 aromatic rings. The number of pyridine rings is 1. The number of fused-ring (bicyclic) bond motifs is 1. The molecule has 0 radical (unpaired) electrons. The van der Waals surface area contributed by atoms with Gasteiger partial charge in [0.15, 0.2) is 5.82 Å². The highest BCUT2D eigenvalue weighted by Gasteiger charge is 2.35. The van der Waals surface area contributed by atoms with E-state index >= 15 is 0 Å². The van der Waals surface area contributed by atoms with Crippen LogP contribution in [0, 0.1) is 0 Å². The number of aryl methyl sites for hydroxylation is 1. The predicted octanol–water partition coefficient (Wildman–Crippen LogP) is 4.92. The maximum Gasteiger partial charge on any atom is 0.252 e. The van der Waals surface area contributed by atoms with Crippen LogP contribution in [-0.4, -0.2) is 43.5 Å². The Hall–Kier alpha value is -3.86. The Morgan fingerprint density at radius 2 is 1.81 bits per heavy atom. The van der Waals surface area contributed by atoms with Crippen LogP contribution in [0.3, 0.4) is 0 Å². The highest BCUT2D eigenvalue weighted by Crippen LogP contribution is 2.34. The molecule has 12 heteroatoms. The number of hydrogen-bond acceptors (Lipinski definition) is 8. The van der Waals surface area contributed by atoms with E-state index in [4.69, 9.17) is 11.6 Å². The molecule has 2 N–H and O–H groups in total. The zero-order valence-electron chi connectivity index (χ0n) is 20.3. The number of hydrogen-bond donors (Lipinski definition) is 2. The van der Waals surface area contributed by atoms with Crippen LogP contribution in [0.5, 0.6) is 0 Å². The van der Waals surface area contributed by atoms with Crippen LogP contribution in [-0.2, 0) is 7.05 Å². The number of halogens is 3. The first-order valence-electron chi connectivity index (χ1n) is 11.8. The number of nitrogens with one attached hydrogen (secondary N) is 2. The van der Waals surface area contributed by atoms with Gasteiger partial charge in [0.25, 0.3) is 11.5 Å². The van der Waals surface area contributed by atoms with E-state index < -0.39 is 5.92 Å². The van der Waals surface area contributed by atoms with Gasteiger partial charge in [-0.2, -0.15) is 4.98 Å². The number of piperidine rings is 1. The second kappa shape index (κ2) is 9.89. The van der Waals surface area contributed by atoms with Gasteiger partial charge >= 0.3 is 0 Å². The molecular formula is C25H25ClF2N8O. The van der Waals surface area contributed by atoms with E-state index in [9.17, 15) is 13.6 Å².